The summed E-state index contributed by atoms with van der Waals surface area (Å²) in [5, 5.41) is 3.59. The molecule has 1 N–H and O–H groups in total. The van der Waals surface area contributed by atoms with E-state index in [-0.39, 0.29) is 16.3 Å². The molecule has 1 amide bonds. The van der Waals surface area contributed by atoms with Crippen molar-refractivity contribution in [2.45, 2.75) is 37.5 Å². The van der Waals surface area contributed by atoms with E-state index in [2.05, 4.69) is 21.2 Å². The van der Waals surface area contributed by atoms with E-state index in [4.69, 9.17) is 27.9 Å². The van der Waals surface area contributed by atoms with Crippen LogP contribution in [0.15, 0.2) is 64.0 Å². The van der Waals surface area contributed by atoms with Crippen LogP contribution in [0.4, 0.5) is 5.69 Å². The van der Waals surface area contributed by atoms with Crippen molar-refractivity contribution in [1.82, 2.24) is 4.31 Å². The van der Waals surface area contributed by atoms with E-state index in [1.165, 1.54) is 22.5 Å². The van der Waals surface area contributed by atoms with Gasteiger partial charge in [-0.15, -0.1) is 0 Å². The Morgan fingerprint density at radius 1 is 1.00 bits per heavy atom. The number of ether oxygens (including phenoxy) is 1. The molecule has 3 aromatic carbocycles. The SMILES string of the molecule is CCc1ccc(C(=O)Nc2cc(S(=O)(=O)N3CCCCC3)ccc2Oc2cc(Cl)cc(Cl)c2)cc1Br. The Hall–Kier alpha value is -2.10. The molecule has 0 aliphatic carbocycles. The number of hydrogen-bond donors (Lipinski definition) is 1. The number of sulfonamides is 1. The van der Waals surface area contributed by atoms with E-state index in [0.717, 1.165) is 35.7 Å². The minimum absolute atomic E-state index is 0.0821. The Morgan fingerprint density at radius 2 is 1.69 bits per heavy atom. The molecule has 10 heteroatoms. The van der Waals surface area contributed by atoms with Gasteiger partial charge in [0, 0.05) is 33.2 Å². The quantitative estimate of drug-likeness (QED) is 0.299. The minimum atomic E-state index is -3.73. The number of anilines is 1. The highest BCUT2D eigenvalue weighted by molar-refractivity contribution is 9.10. The summed E-state index contributed by atoms with van der Waals surface area (Å²) in [5.74, 6) is 0.202. The number of halogens is 3. The molecule has 0 atom stereocenters. The molecule has 0 aromatic heterocycles. The van der Waals surface area contributed by atoms with E-state index in [9.17, 15) is 13.2 Å². The zero-order chi connectivity index (χ0) is 25.9. The maximum atomic E-state index is 13.3. The van der Waals surface area contributed by atoms with Crippen LogP contribution >= 0.6 is 39.1 Å². The van der Waals surface area contributed by atoms with E-state index in [1.807, 2.05) is 13.0 Å². The molecule has 0 bridgehead atoms. The van der Waals surface area contributed by atoms with E-state index < -0.39 is 15.9 Å². The summed E-state index contributed by atoms with van der Waals surface area (Å²) in [7, 11) is -3.73. The van der Waals surface area contributed by atoms with Crippen molar-refractivity contribution >= 4 is 60.7 Å². The smallest absolute Gasteiger partial charge is 0.255 e. The molecule has 1 heterocycles. The Morgan fingerprint density at radius 3 is 2.33 bits per heavy atom. The summed E-state index contributed by atoms with van der Waals surface area (Å²) in [6.45, 7) is 2.97. The van der Waals surface area contributed by atoms with E-state index in [0.29, 0.717) is 34.4 Å². The molecule has 1 aliphatic heterocycles. The highest BCUT2D eigenvalue weighted by Gasteiger charge is 2.27. The van der Waals surface area contributed by atoms with Gasteiger partial charge in [0.05, 0.1) is 10.6 Å². The predicted octanol–water partition coefficient (Wildman–Crippen LogP) is 7.54. The van der Waals surface area contributed by atoms with Crippen LogP contribution in [0.3, 0.4) is 0 Å². The topological polar surface area (TPSA) is 75.7 Å². The van der Waals surface area contributed by atoms with Gasteiger partial charge in [-0.25, -0.2) is 8.42 Å². The van der Waals surface area contributed by atoms with Gasteiger partial charge < -0.3 is 10.1 Å². The van der Waals surface area contributed by atoms with Crippen LogP contribution in [-0.4, -0.2) is 31.7 Å². The van der Waals surface area contributed by atoms with Gasteiger partial charge in [-0.3, -0.25) is 4.79 Å². The number of rotatable bonds is 7. The van der Waals surface area contributed by atoms with Gasteiger partial charge in [0.15, 0.2) is 5.75 Å². The molecular weight excluding hydrogens is 587 g/mol. The van der Waals surface area contributed by atoms with Crippen molar-refractivity contribution in [2.24, 2.45) is 0 Å². The fourth-order valence-corrected chi connectivity index (χ4v) is 6.70. The van der Waals surface area contributed by atoms with Crippen LogP contribution in [0.2, 0.25) is 10.0 Å². The second-order valence-electron chi connectivity index (χ2n) is 8.44. The Bertz CT molecular complexity index is 1370. The zero-order valence-corrected chi connectivity index (χ0v) is 23.5. The summed E-state index contributed by atoms with van der Waals surface area (Å²) in [6, 6.07) is 14.5. The molecule has 0 saturated carbocycles. The van der Waals surface area contributed by atoms with Gasteiger partial charge in [0.2, 0.25) is 10.0 Å². The number of amides is 1. The number of hydrogen-bond acceptors (Lipinski definition) is 4. The number of benzene rings is 3. The average molecular weight is 612 g/mol. The van der Waals surface area contributed by atoms with Gasteiger partial charge in [0.1, 0.15) is 5.75 Å². The normalized spacial score (nSPS) is 14.4. The van der Waals surface area contributed by atoms with Crippen molar-refractivity contribution in [3.8, 4) is 11.5 Å². The van der Waals surface area contributed by atoms with Gasteiger partial charge >= 0.3 is 0 Å². The van der Waals surface area contributed by atoms with Gasteiger partial charge in [-0.05, 0) is 73.4 Å². The second kappa shape index (κ2) is 11.5. The molecule has 3 aromatic rings. The first-order valence-electron chi connectivity index (χ1n) is 11.6. The van der Waals surface area contributed by atoms with Crippen LogP contribution in [-0.2, 0) is 16.4 Å². The van der Waals surface area contributed by atoms with Crippen LogP contribution in [0.1, 0.15) is 42.1 Å². The molecule has 4 rings (SSSR count). The number of carbonyl (C=O) groups excluding carboxylic acids is 1. The first-order chi connectivity index (χ1) is 17.2. The second-order valence-corrected chi connectivity index (χ2v) is 12.1. The lowest BCUT2D eigenvalue weighted by Crippen LogP contribution is -2.35. The number of nitrogens with zero attached hydrogens (tertiary/aromatic N) is 1. The Kier molecular flexibility index (Phi) is 8.63. The summed E-state index contributed by atoms with van der Waals surface area (Å²) >= 11 is 15.7. The number of aryl methyl sites for hydroxylation is 1. The van der Waals surface area contributed by atoms with Crippen LogP contribution in [0.5, 0.6) is 11.5 Å². The zero-order valence-electron chi connectivity index (χ0n) is 19.6. The maximum absolute atomic E-state index is 13.3. The lowest BCUT2D eigenvalue weighted by molar-refractivity contribution is 0.102. The van der Waals surface area contributed by atoms with Crippen molar-refractivity contribution in [2.75, 3.05) is 18.4 Å². The number of carbonyl (C=O) groups is 1. The molecule has 6 nitrogen and oxygen atoms in total. The van der Waals surface area contributed by atoms with Crippen molar-refractivity contribution in [3.05, 3.63) is 80.2 Å². The monoisotopic (exact) mass is 610 g/mol. The third-order valence-electron chi connectivity index (χ3n) is 5.91. The lowest BCUT2D eigenvalue weighted by atomic mass is 10.1. The standard InChI is InChI=1S/C26H25BrCl2N2O4S/c1-2-17-6-7-18(12-23(17)27)26(32)30-24-16-22(36(33,34)31-10-4-3-5-11-31)8-9-25(24)35-21-14-19(28)13-20(29)15-21/h6-9,12-16H,2-5,10-11H2,1H3,(H,30,32). The van der Waals surface area contributed by atoms with Gasteiger partial charge in [-0.2, -0.15) is 4.31 Å². The molecule has 0 radical (unpaired) electrons. The van der Waals surface area contributed by atoms with E-state index >= 15 is 0 Å². The summed E-state index contributed by atoms with van der Waals surface area (Å²) in [5.41, 5.74) is 1.70. The largest absolute Gasteiger partial charge is 0.455 e. The molecular formula is C26H25BrCl2N2O4S. The molecule has 1 saturated heterocycles. The summed E-state index contributed by atoms with van der Waals surface area (Å²) < 4.78 is 34.9. The highest BCUT2D eigenvalue weighted by atomic mass is 79.9. The fraction of sp³-hybridized carbons (Fsp3) is 0.269. The number of nitrogens with one attached hydrogen (secondary N) is 1. The summed E-state index contributed by atoms with van der Waals surface area (Å²) in [6.07, 6.45) is 3.47. The van der Waals surface area contributed by atoms with Crippen LogP contribution in [0.25, 0.3) is 0 Å². The van der Waals surface area contributed by atoms with Crippen LogP contribution in [0, 0.1) is 0 Å². The lowest BCUT2D eigenvalue weighted by Gasteiger charge is -2.26. The van der Waals surface area contributed by atoms with Crippen molar-refractivity contribution in [1.29, 1.82) is 0 Å². The molecule has 0 unspecified atom stereocenters. The average Bonchev–Trinajstić information content (AvgIpc) is 2.85. The van der Waals surface area contributed by atoms with Crippen LogP contribution < -0.4 is 10.1 Å². The molecule has 0 spiro atoms. The predicted molar refractivity (Wildman–Crippen MR) is 147 cm³/mol. The molecule has 1 aliphatic rings. The van der Waals surface area contributed by atoms with Gasteiger partial charge in [-0.1, -0.05) is 58.5 Å². The molecule has 190 valence electrons. The minimum Gasteiger partial charge on any atom is -0.455 e. The Balaban J connectivity index is 1.71. The molecule has 36 heavy (non-hydrogen) atoms. The maximum Gasteiger partial charge on any atom is 0.255 e. The fourth-order valence-electron chi connectivity index (χ4n) is 3.99. The van der Waals surface area contributed by atoms with E-state index in [1.54, 1.807) is 30.3 Å². The first-order valence-corrected chi connectivity index (χ1v) is 14.5. The highest BCUT2D eigenvalue weighted by Crippen LogP contribution is 2.35. The van der Waals surface area contributed by atoms with Gasteiger partial charge in [0.25, 0.3) is 5.91 Å². The Labute approximate surface area is 229 Å². The number of piperidine rings is 1. The van der Waals surface area contributed by atoms with Crippen molar-refractivity contribution < 1.29 is 17.9 Å². The molecule has 1 fully saturated rings. The third kappa shape index (κ3) is 6.23. The summed E-state index contributed by atoms with van der Waals surface area (Å²) in [4.78, 5) is 13.2. The third-order valence-corrected chi connectivity index (χ3v) is 8.98. The first kappa shape index (κ1) is 26.9. The van der Waals surface area contributed by atoms with Crippen molar-refractivity contribution in [3.63, 3.8) is 0 Å².